The normalized spacial score (nSPS) is 30.1. The summed E-state index contributed by atoms with van der Waals surface area (Å²) in [6, 6.07) is 0.603. The zero-order chi connectivity index (χ0) is 11.4. The molecule has 0 spiro atoms. The molecule has 2 atom stereocenters. The van der Waals surface area contributed by atoms with Crippen molar-refractivity contribution in [2.24, 2.45) is 0 Å². The number of hydrogen-bond acceptors (Lipinski definition) is 4. The van der Waals surface area contributed by atoms with Gasteiger partial charge in [-0.05, 0) is 32.2 Å². The number of esters is 1. The monoisotopic (exact) mass is 227 g/mol. The fraction of sp³-hybridized carbons (Fsp3) is 0.917. The van der Waals surface area contributed by atoms with Crippen LogP contribution in [-0.2, 0) is 14.3 Å². The molecule has 0 aromatic rings. The molecule has 1 aliphatic carbocycles. The van der Waals surface area contributed by atoms with Crippen molar-refractivity contribution < 1.29 is 14.3 Å². The first-order valence-corrected chi connectivity index (χ1v) is 6.23. The summed E-state index contributed by atoms with van der Waals surface area (Å²) in [6.07, 6.45) is 5.62. The van der Waals surface area contributed by atoms with E-state index in [1.165, 1.54) is 26.4 Å². The van der Waals surface area contributed by atoms with Gasteiger partial charge in [-0.15, -0.1) is 0 Å². The van der Waals surface area contributed by atoms with Crippen molar-refractivity contribution in [3.8, 4) is 0 Å². The first-order valence-electron chi connectivity index (χ1n) is 6.23. The van der Waals surface area contributed by atoms with Gasteiger partial charge in [-0.25, -0.2) is 0 Å². The van der Waals surface area contributed by atoms with Crippen LogP contribution in [0.1, 0.15) is 32.1 Å². The molecule has 1 heterocycles. The van der Waals surface area contributed by atoms with Crippen molar-refractivity contribution in [2.45, 2.75) is 44.2 Å². The largest absolute Gasteiger partial charge is 0.469 e. The molecular formula is C12H21NO3. The highest BCUT2D eigenvalue weighted by atomic mass is 16.5. The highest BCUT2D eigenvalue weighted by molar-refractivity contribution is 5.69. The second kappa shape index (κ2) is 5.64. The van der Waals surface area contributed by atoms with Gasteiger partial charge >= 0.3 is 5.97 Å². The average Bonchev–Trinajstić information content (AvgIpc) is 2.77. The Labute approximate surface area is 96.9 Å². The predicted octanol–water partition coefficient (Wildman–Crippen LogP) is 1.19. The molecule has 2 unspecified atom stereocenters. The lowest BCUT2D eigenvalue weighted by Crippen LogP contribution is -2.48. The minimum atomic E-state index is -0.101. The maximum atomic E-state index is 11.0. The number of hydrogen-bond donors (Lipinski definition) is 0. The van der Waals surface area contributed by atoms with E-state index in [0.29, 0.717) is 18.6 Å². The number of carbonyl (C=O) groups excluding carboxylic acids is 1. The van der Waals surface area contributed by atoms with Gasteiger partial charge in [0.2, 0.25) is 0 Å². The molecule has 16 heavy (non-hydrogen) atoms. The second-order valence-corrected chi connectivity index (χ2v) is 4.62. The second-order valence-electron chi connectivity index (χ2n) is 4.62. The summed E-state index contributed by atoms with van der Waals surface area (Å²) in [5.41, 5.74) is 0. The maximum Gasteiger partial charge on any atom is 0.305 e. The van der Waals surface area contributed by atoms with E-state index in [2.05, 4.69) is 9.64 Å². The first kappa shape index (κ1) is 11.9. The lowest BCUT2D eigenvalue weighted by molar-refractivity contribution is -0.140. The highest BCUT2D eigenvalue weighted by Gasteiger charge is 2.35. The van der Waals surface area contributed by atoms with Crippen LogP contribution >= 0.6 is 0 Å². The minimum Gasteiger partial charge on any atom is -0.469 e. The number of carbonyl (C=O) groups is 1. The zero-order valence-electron chi connectivity index (χ0n) is 9.98. The van der Waals surface area contributed by atoms with Crippen molar-refractivity contribution in [3.05, 3.63) is 0 Å². The van der Waals surface area contributed by atoms with Crippen LogP contribution in [0.4, 0.5) is 0 Å². The van der Waals surface area contributed by atoms with Gasteiger partial charge in [-0.3, -0.25) is 9.69 Å². The van der Waals surface area contributed by atoms with Gasteiger partial charge < -0.3 is 9.47 Å². The summed E-state index contributed by atoms with van der Waals surface area (Å²) in [5, 5.41) is 0. The van der Waals surface area contributed by atoms with Crippen molar-refractivity contribution >= 4 is 5.97 Å². The van der Waals surface area contributed by atoms with Gasteiger partial charge in [0, 0.05) is 19.0 Å². The fourth-order valence-electron chi connectivity index (χ4n) is 2.81. The average molecular weight is 227 g/mol. The van der Waals surface area contributed by atoms with Crippen LogP contribution in [0, 0.1) is 0 Å². The van der Waals surface area contributed by atoms with Crippen molar-refractivity contribution in [1.82, 2.24) is 4.90 Å². The number of nitrogens with zero attached hydrogens (tertiary/aromatic N) is 1. The number of methoxy groups -OCH3 is 1. The van der Waals surface area contributed by atoms with Crippen LogP contribution in [0.3, 0.4) is 0 Å². The van der Waals surface area contributed by atoms with E-state index in [4.69, 9.17) is 4.74 Å². The van der Waals surface area contributed by atoms with E-state index in [-0.39, 0.29) is 5.97 Å². The predicted molar refractivity (Wildman–Crippen MR) is 60.2 cm³/mol. The molecule has 0 bridgehead atoms. The molecule has 0 N–H and O–H groups in total. The quantitative estimate of drug-likeness (QED) is 0.676. The van der Waals surface area contributed by atoms with Crippen LogP contribution in [0.5, 0.6) is 0 Å². The third-order valence-electron chi connectivity index (χ3n) is 3.65. The fourth-order valence-corrected chi connectivity index (χ4v) is 2.81. The van der Waals surface area contributed by atoms with Crippen LogP contribution in [0.25, 0.3) is 0 Å². The van der Waals surface area contributed by atoms with Gasteiger partial charge in [-0.1, -0.05) is 0 Å². The summed E-state index contributed by atoms with van der Waals surface area (Å²) in [6.45, 7) is 2.86. The van der Waals surface area contributed by atoms with Gasteiger partial charge in [0.1, 0.15) is 0 Å². The Balaban J connectivity index is 1.73. The summed E-state index contributed by atoms with van der Waals surface area (Å²) in [7, 11) is 1.45. The Morgan fingerprint density at radius 1 is 1.50 bits per heavy atom. The van der Waals surface area contributed by atoms with E-state index in [1.807, 2.05) is 0 Å². The molecule has 0 aromatic carbocycles. The van der Waals surface area contributed by atoms with Crippen LogP contribution in [-0.4, -0.2) is 49.8 Å². The summed E-state index contributed by atoms with van der Waals surface area (Å²) in [4.78, 5) is 13.5. The molecule has 0 amide bonds. The lowest BCUT2D eigenvalue weighted by Gasteiger charge is -2.37. The Hall–Kier alpha value is -0.610. The Bertz CT molecular complexity index is 244. The molecule has 0 aromatic heterocycles. The topological polar surface area (TPSA) is 38.8 Å². The van der Waals surface area contributed by atoms with Crippen molar-refractivity contribution in [2.75, 3.05) is 26.8 Å². The molecule has 4 nitrogen and oxygen atoms in total. The van der Waals surface area contributed by atoms with E-state index in [1.54, 1.807) is 0 Å². The molecule has 2 rings (SSSR count). The third-order valence-corrected chi connectivity index (χ3v) is 3.65. The van der Waals surface area contributed by atoms with Crippen LogP contribution in [0.15, 0.2) is 0 Å². The summed E-state index contributed by atoms with van der Waals surface area (Å²) in [5.74, 6) is -0.101. The summed E-state index contributed by atoms with van der Waals surface area (Å²) < 4.78 is 10.4. The standard InChI is InChI=1S/C12H21NO3/c1-15-12(14)6-3-7-13-8-9-16-11-5-2-4-10(11)13/h10-11H,2-9H2,1H3. The Morgan fingerprint density at radius 3 is 3.19 bits per heavy atom. The van der Waals surface area contributed by atoms with E-state index < -0.39 is 0 Å². The first-order chi connectivity index (χ1) is 7.81. The molecule has 0 radical (unpaired) electrons. The number of morpholine rings is 1. The molecule has 92 valence electrons. The minimum absolute atomic E-state index is 0.101. The number of fused-ring (bicyclic) bond motifs is 1. The van der Waals surface area contributed by atoms with Crippen molar-refractivity contribution in [3.63, 3.8) is 0 Å². The number of rotatable bonds is 4. The van der Waals surface area contributed by atoms with E-state index in [9.17, 15) is 4.79 Å². The van der Waals surface area contributed by atoms with Crippen LogP contribution in [0.2, 0.25) is 0 Å². The molecule has 2 aliphatic rings. The zero-order valence-corrected chi connectivity index (χ0v) is 9.98. The van der Waals surface area contributed by atoms with Gasteiger partial charge in [-0.2, -0.15) is 0 Å². The molecule has 1 aliphatic heterocycles. The molecule has 1 saturated heterocycles. The number of ether oxygens (including phenoxy) is 2. The molecular weight excluding hydrogens is 206 g/mol. The van der Waals surface area contributed by atoms with Gasteiger partial charge in [0.15, 0.2) is 0 Å². The van der Waals surface area contributed by atoms with Gasteiger partial charge in [0.25, 0.3) is 0 Å². The molecule has 2 fully saturated rings. The van der Waals surface area contributed by atoms with E-state index >= 15 is 0 Å². The van der Waals surface area contributed by atoms with E-state index in [0.717, 1.165) is 26.1 Å². The third kappa shape index (κ3) is 2.74. The Morgan fingerprint density at radius 2 is 2.38 bits per heavy atom. The van der Waals surface area contributed by atoms with Crippen molar-refractivity contribution in [1.29, 1.82) is 0 Å². The van der Waals surface area contributed by atoms with Gasteiger partial charge in [0.05, 0.1) is 19.8 Å². The lowest BCUT2D eigenvalue weighted by atomic mass is 10.1. The summed E-state index contributed by atoms with van der Waals surface area (Å²) >= 11 is 0. The maximum absolute atomic E-state index is 11.0. The SMILES string of the molecule is COC(=O)CCCN1CCOC2CCCC21. The molecule has 1 saturated carbocycles. The highest BCUT2D eigenvalue weighted by Crippen LogP contribution is 2.29. The van der Waals surface area contributed by atoms with Crippen LogP contribution < -0.4 is 0 Å². The smallest absolute Gasteiger partial charge is 0.305 e. The molecule has 4 heteroatoms. The Kier molecular flexibility index (Phi) is 4.18.